The van der Waals surface area contributed by atoms with Gasteiger partial charge in [-0.15, -0.1) is 0 Å². The number of aliphatic imine (C=N–C) groups is 1. The van der Waals surface area contributed by atoms with Crippen molar-refractivity contribution in [3.8, 4) is 0 Å². The minimum atomic E-state index is -4.33. The van der Waals surface area contributed by atoms with Crippen LogP contribution < -0.4 is 10.2 Å². The fourth-order valence-electron chi connectivity index (χ4n) is 2.78. The summed E-state index contributed by atoms with van der Waals surface area (Å²) in [6.07, 6.45) is -4.33. The smallest absolute Gasteiger partial charge is 0.396 e. The average molecular weight is 372 g/mol. The first-order chi connectivity index (χ1) is 12.3. The van der Waals surface area contributed by atoms with Crippen molar-refractivity contribution in [1.29, 1.82) is 0 Å². The zero-order valence-corrected chi connectivity index (χ0v) is 15.3. The summed E-state index contributed by atoms with van der Waals surface area (Å²) < 4.78 is 38.7. The summed E-state index contributed by atoms with van der Waals surface area (Å²) in [6, 6.07) is 5.47. The second-order valence-corrected chi connectivity index (χ2v) is 6.50. The molecule has 2 N–H and O–H groups in total. The molecular weight excluding hydrogens is 345 g/mol. The van der Waals surface area contributed by atoms with Crippen LogP contribution in [0.15, 0.2) is 29.3 Å². The lowest BCUT2D eigenvalue weighted by atomic mass is 10.1. The van der Waals surface area contributed by atoms with Crippen LogP contribution in [0.4, 0.5) is 18.9 Å². The van der Waals surface area contributed by atoms with Gasteiger partial charge in [-0.25, -0.2) is 0 Å². The normalized spacial score (nSPS) is 17.4. The molecule has 1 heterocycles. The van der Waals surface area contributed by atoms with Crippen molar-refractivity contribution in [2.75, 3.05) is 50.8 Å². The highest BCUT2D eigenvalue weighted by molar-refractivity contribution is 5.80. The van der Waals surface area contributed by atoms with E-state index in [1.165, 1.54) is 12.1 Å². The van der Waals surface area contributed by atoms with Gasteiger partial charge in [-0.2, -0.15) is 13.2 Å². The molecule has 1 unspecified atom stereocenters. The fraction of sp³-hybridized carbons (Fsp3) is 0.611. The van der Waals surface area contributed by atoms with Gasteiger partial charge in [0, 0.05) is 51.6 Å². The van der Waals surface area contributed by atoms with E-state index in [2.05, 4.69) is 15.2 Å². The van der Waals surface area contributed by atoms with E-state index >= 15 is 0 Å². The summed E-state index contributed by atoms with van der Waals surface area (Å²) in [6.45, 7) is 7.88. The van der Waals surface area contributed by atoms with Gasteiger partial charge in [0.25, 0.3) is 0 Å². The van der Waals surface area contributed by atoms with Gasteiger partial charge < -0.3 is 20.2 Å². The molecule has 1 fully saturated rings. The maximum absolute atomic E-state index is 12.9. The Hall–Kier alpha value is -1.96. The van der Waals surface area contributed by atoms with Crippen LogP contribution in [0.5, 0.6) is 0 Å². The molecule has 1 saturated heterocycles. The van der Waals surface area contributed by atoms with Crippen LogP contribution in [0.1, 0.15) is 19.4 Å². The third kappa shape index (κ3) is 5.52. The molecule has 1 aromatic rings. The molecule has 1 aromatic carbocycles. The topological polar surface area (TPSA) is 51.1 Å². The molecule has 8 heteroatoms. The van der Waals surface area contributed by atoms with Crippen molar-refractivity contribution in [2.45, 2.75) is 20.0 Å². The van der Waals surface area contributed by atoms with E-state index in [9.17, 15) is 13.2 Å². The Labute approximate surface area is 152 Å². The number of hydrogen-bond donors (Lipinski definition) is 2. The Morgan fingerprint density at radius 1 is 1.27 bits per heavy atom. The number of benzene rings is 1. The SMILES string of the molecule is CCNC(=NCC(C)CO)N1CCN(c2cccc(C(F)(F)F)c2)CC1. The third-order valence-corrected chi connectivity index (χ3v) is 4.32. The van der Waals surface area contributed by atoms with Crippen LogP contribution in [0.2, 0.25) is 0 Å². The van der Waals surface area contributed by atoms with Crippen molar-refractivity contribution < 1.29 is 18.3 Å². The number of anilines is 1. The Morgan fingerprint density at radius 2 is 1.96 bits per heavy atom. The maximum atomic E-state index is 12.9. The highest BCUT2D eigenvalue weighted by Crippen LogP contribution is 2.31. The van der Waals surface area contributed by atoms with Gasteiger partial charge in [-0.1, -0.05) is 13.0 Å². The van der Waals surface area contributed by atoms with E-state index < -0.39 is 11.7 Å². The minimum absolute atomic E-state index is 0.0895. The van der Waals surface area contributed by atoms with E-state index in [4.69, 9.17) is 5.11 Å². The fourth-order valence-corrected chi connectivity index (χ4v) is 2.78. The van der Waals surface area contributed by atoms with Gasteiger partial charge in [0.05, 0.1) is 5.56 Å². The standard InChI is InChI=1S/C18H27F3N4O/c1-3-22-17(23-12-14(2)13-26)25-9-7-24(8-10-25)16-6-4-5-15(11-16)18(19,20)21/h4-6,11,14,26H,3,7-10,12-13H2,1-2H3,(H,22,23). The number of piperazine rings is 1. The van der Waals surface area contributed by atoms with Crippen molar-refractivity contribution in [3.05, 3.63) is 29.8 Å². The molecule has 1 aliphatic rings. The Balaban J connectivity index is 2.01. The number of hydrogen-bond acceptors (Lipinski definition) is 3. The van der Waals surface area contributed by atoms with E-state index in [-0.39, 0.29) is 12.5 Å². The highest BCUT2D eigenvalue weighted by atomic mass is 19.4. The molecule has 0 saturated carbocycles. The number of guanidine groups is 1. The summed E-state index contributed by atoms with van der Waals surface area (Å²) in [7, 11) is 0. The molecule has 146 valence electrons. The zero-order valence-electron chi connectivity index (χ0n) is 15.3. The second kappa shape index (κ2) is 9.12. The molecule has 0 amide bonds. The second-order valence-electron chi connectivity index (χ2n) is 6.50. The Kier molecular flexibility index (Phi) is 7.14. The lowest BCUT2D eigenvalue weighted by Crippen LogP contribution is -2.52. The molecule has 1 atom stereocenters. The van der Waals surface area contributed by atoms with Crippen LogP contribution in [0.3, 0.4) is 0 Å². The number of halogens is 3. The maximum Gasteiger partial charge on any atom is 0.416 e. The van der Waals surface area contributed by atoms with Crippen LogP contribution in [-0.4, -0.2) is 61.8 Å². The van der Waals surface area contributed by atoms with Gasteiger partial charge in [0.15, 0.2) is 5.96 Å². The molecule has 0 radical (unpaired) electrons. The number of rotatable bonds is 5. The molecular formula is C18H27F3N4O. The molecule has 0 aliphatic carbocycles. The molecule has 26 heavy (non-hydrogen) atoms. The van der Waals surface area contributed by atoms with Crippen molar-refractivity contribution in [3.63, 3.8) is 0 Å². The Morgan fingerprint density at radius 3 is 2.54 bits per heavy atom. The monoisotopic (exact) mass is 372 g/mol. The molecule has 0 bridgehead atoms. The molecule has 5 nitrogen and oxygen atoms in total. The first-order valence-corrected chi connectivity index (χ1v) is 8.91. The number of aliphatic hydroxyl groups is 1. The van der Waals surface area contributed by atoms with Gasteiger partial charge in [-0.05, 0) is 31.0 Å². The van der Waals surface area contributed by atoms with Gasteiger partial charge in [-0.3, -0.25) is 4.99 Å². The average Bonchev–Trinajstić information content (AvgIpc) is 2.64. The molecule has 2 rings (SSSR count). The van der Waals surface area contributed by atoms with E-state index in [0.29, 0.717) is 38.4 Å². The largest absolute Gasteiger partial charge is 0.416 e. The molecule has 1 aliphatic heterocycles. The lowest BCUT2D eigenvalue weighted by molar-refractivity contribution is -0.137. The quantitative estimate of drug-likeness (QED) is 0.616. The third-order valence-electron chi connectivity index (χ3n) is 4.32. The summed E-state index contributed by atoms with van der Waals surface area (Å²) >= 11 is 0. The highest BCUT2D eigenvalue weighted by Gasteiger charge is 2.31. The predicted octanol–water partition coefficient (Wildman–Crippen LogP) is 2.42. The van der Waals surface area contributed by atoms with E-state index in [1.807, 2.05) is 18.7 Å². The first kappa shape index (κ1) is 20.4. The summed E-state index contributed by atoms with van der Waals surface area (Å²) in [4.78, 5) is 8.63. The molecule has 0 aromatic heterocycles. The summed E-state index contributed by atoms with van der Waals surface area (Å²) in [5.41, 5.74) is -0.0272. The first-order valence-electron chi connectivity index (χ1n) is 8.91. The van der Waals surface area contributed by atoms with Crippen LogP contribution in [0.25, 0.3) is 0 Å². The van der Waals surface area contributed by atoms with Crippen LogP contribution >= 0.6 is 0 Å². The van der Waals surface area contributed by atoms with Crippen LogP contribution in [-0.2, 0) is 6.18 Å². The van der Waals surface area contributed by atoms with Gasteiger partial charge in [0.1, 0.15) is 0 Å². The summed E-state index contributed by atoms with van der Waals surface area (Å²) in [5, 5.41) is 12.4. The lowest BCUT2D eigenvalue weighted by Gasteiger charge is -2.38. The number of aliphatic hydroxyl groups excluding tert-OH is 1. The van der Waals surface area contributed by atoms with E-state index in [0.717, 1.165) is 18.6 Å². The summed E-state index contributed by atoms with van der Waals surface area (Å²) in [5.74, 6) is 0.881. The van der Waals surface area contributed by atoms with Gasteiger partial charge in [0.2, 0.25) is 0 Å². The van der Waals surface area contributed by atoms with Crippen molar-refractivity contribution >= 4 is 11.6 Å². The Bertz CT molecular complexity index is 598. The minimum Gasteiger partial charge on any atom is -0.396 e. The van der Waals surface area contributed by atoms with Crippen molar-refractivity contribution in [1.82, 2.24) is 10.2 Å². The molecule has 0 spiro atoms. The number of alkyl halides is 3. The predicted molar refractivity (Wildman–Crippen MR) is 97.5 cm³/mol. The van der Waals surface area contributed by atoms with E-state index in [1.54, 1.807) is 6.07 Å². The van der Waals surface area contributed by atoms with Crippen molar-refractivity contribution in [2.24, 2.45) is 10.9 Å². The number of nitrogens with zero attached hydrogens (tertiary/aromatic N) is 3. The number of nitrogens with one attached hydrogen (secondary N) is 1. The zero-order chi connectivity index (χ0) is 19.2. The van der Waals surface area contributed by atoms with Gasteiger partial charge >= 0.3 is 6.18 Å². The van der Waals surface area contributed by atoms with Crippen LogP contribution in [0, 0.1) is 5.92 Å².